The standard InChI is InChI=1S/C19H20ClN3O5S2/c1-10-8-11(2)16(13(9-10)4-6-24)21-18(25)17-14(5-7-29-17)30(26,27)23-19-15(20)12(3)22-28-19/h5,7-9,23-24H,4,6H2,1-3H3,(H,21,25). The van der Waals surface area contributed by atoms with Crippen LogP contribution >= 0.6 is 22.9 Å². The first-order valence-electron chi connectivity index (χ1n) is 8.88. The fraction of sp³-hybridized carbons (Fsp3) is 0.263. The number of sulfonamides is 1. The number of aromatic nitrogens is 1. The molecule has 30 heavy (non-hydrogen) atoms. The third-order valence-electron chi connectivity index (χ3n) is 4.32. The van der Waals surface area contributed by atoms with Gasteiger partial charge in [0.05, 0.1) is 0 Å². The van der Waals surface area contributed by atoms with Crippen LogP contribution in [0.5, 0.6) is 0 Å². The number of rotatable bonds is 7. The normalized spacial score (nSPS) is 11.5. The molecule has 0 aliphatic rings. The van der Waals surface area contributed by atoms with Gasteiger partial charge in [-0.05, 0) is 49.8 Å². The molecule has 3 N–H and O–H groups in total. The van der Waals surface area contributed by atoms with E-state index in [1.165, 1.54) is 11.4 Å². The molecule has 8 nitrogen and oxygen atoms in total. The van der Waals surface area contributed by atoms with Crippen molar-refractivity contribution in [2.75, 3.05) is 16.6 Å². The van der Waals surface area contributed by atoms with Crippen LogP contribution in [0.3, 0.4) is 0 Å². The van der Waals surface area contributed by atoms with E-state index in [1.807, 2.05) is 26.0 Å². The van der Waals surface area contributed by atoms with Gasteiger partial charge in [0.1, 0.15) is 20.5 Å². The molecule has 3 aromatic rings. The zero-order valence-corrected chi connectivity index (χ0v) is 18.8. The van der Waals surface area contributed by atoms with E-state index in [-0.39, 0.29) is 27.3 Å². The third-order valence-corrected chi connectivity index (χ3v) is 7.18. The van der Waals surface area contributed by atoms with E-state index in [0.717, 1.165) is 28.0 Å². The number of thiophene rings is 1. The Morgan fingerprint density at radius 1 is 1.30 bits per heavy atom. The summed E-state index contributed by atoms with van der Waals surface area (Å²) in [5.41, 5.74) is 3.47. The fourth-order valence-electron chi connectivity index (χ4n) is 3.00. The van der Waals surface area contributed by atoms with Crippen molar-refractivity contribution in [1.29, 1.82) is 0 Å². The lowest BCUT2D eigenvalue weighted by Crippen LogP contribution is -2.19. The maximum absolute atomic E-state index is 12.9. The molecule has 2 aromatic heterocycles. The molecule has 0 unspecified atom stereocenters. The van der Waals surface area contributed by atoms with Gasteiger partial charge >= 0.3 is 0 Å². The number of nitrogens with one attached hydrogen (secondary N) is 2. The van der Waals surface area contributed by atoms with Crippen LogP contribution in [0.4, 0.5) is 11.6 Å². The Kier molecular flexibility index (Phi) is 6.51. The maximum atomic E-state index is 12.9. The highest BCUT2D eigenvalue weighted by Crippen LogP contribution is 2.31. The largest absolute Gasteiger partial charge is 0.396 e. The highest BCUT2D eigenvalue weighted by Gasteiger charge is 2.27. The van der Waals surface area contributed by atoms with Crippen molar-refractivity contribution in [1.82, 2.24) is 5.16 Å². The summed E-state index contributed by atoms with van der Waals surface area (Å²) >= 11 is 6.98. The van der Waals surface area contributed by atoms with Crippen LogP contribution in [0.25, 0.3) is 0 Å². The second-order valence-corrected chi connectivity index (χ2v) is 9.62. The van der Waals surface area contributed by atoms with Crippen LogP contribution in [0.1, 0.15) is 32.1 Å². The lowest BCUT2D eigenvalue weighted by molar-refractivity contribution is 0.102. The van der Waals surface area contributed by atoms with Crippen molar-refractivity contribution in [2.45, 2.75) is 32.1 Å². The molecule has 0 bridgehead atoms. The summed E-state index contributed by atoms with van der Waals surface area (Å²) in [6.45, 7) is 5.25. The van der Waals surface area contributed by atoms with Gasteiger partial charge in [-0.3, -0.25) is 4.79 Å². The van der Waals surface area contributed by atoms with Crippen LogP contribution in [0, 0.1) is 20.8 Å². The SMILES string of the molecule is Cc1cc(C)c(NC(=O)c2sccc2S(=O)(=O)Nc2onc(C)c2Cl)c(CCO)c1. The molecule has 11 heteroatoms. The summed E-state index contributed by atoms with van der Waals surface area (Å²) < 4.78 is 32.8. The Labute approximate surface area is 182 Å². The number of halogens is 1. The molecule has 0 atom stereocenters. The zero-order chi connectivity index (χ0) is 22.1. The minimum Gasteiger partial charge on any atom is -0.396 e. The van der Waals surface area contributed by atoms with Crippen LogP contribution in [0.15, 0.2) is 33.0 Å². The van der Waals surface area contributed by atoms with Crippen molar-refractivity contribution in [3.05, 3.63) is 55.9 Å². The first-order chi connectivity index (χ1) is 14.1. The molecular formula is C19H20ClN3O5S2. The molecule has 0 spiro atoms. The number of aliphatic hydroxyl groups is 1. The summed E-state index contributed by atoms with van der Waals surface area (Å²) in [6, 6.07) is 5.11. The van der Waals surface area contributed by atoms with Crippen molar-refractivity contribution in [3.63, 3.8) is 0 Å². The molecule has 3 rings (SSSR count). The number of aliphatic hydroxyl groups excluding tert-OH is 1. The van der Waals surface area contributed by atoms with Gasteiger partial charge in [0.2, 0.25) is 0 Å². The summed E-state index contributed by atoms with van der Waals surface area (Å²) in [6.07, 6.45) is 0.360. The van der Waals surface area contributed by atoms with Crippen LogP contribution in [0.2, 0.25) is 5.02 Å². The van der Waals surface area contributed by atoms with E-state index < -0.39 is 15.9 Å². The number of anilines is 2. The van der Waals surface area contributed by atoms with Gasteiger partial charge in [0, 0.05) is 12.3 Å². The van der Waals surface area contributed by atoms with E-state index in [0.29, 0.717) is 17.8 Å². The molecule has 0 saturated heterocycles. The predicted molar refractivity (Wildman–Crippen MR) is 116 cm³/mol. The van der Waals surface area contributed by atoms with Gasteiger partial charge in [-0.25, -0.2) is 13.1 Å². The number of amides is 1. The van der Waals surface area contributed by atoms with Gasteiger partial charge in [0.25, 0.3) is 21.8 Å². The minimum atomic E-state index is -4.14. The number of aryl methyl sites for hydroxylation is 3. The molecule has 0 aliphatic heterocycles. The number of carbonyl (C=O) groups excluding carboxylic acids is 1. The van der Waals surface area contributed by atoms with Gasteiger partial charge in [-0.1, -0.05) is 34.5 Å². The monoisotopic (exact) mass is 469 g/mol. The molecular weight excluding hydrogens is 450 g/mol. The Hall–Kier alpha value is -2.40. The van der Waals surface area contributed by atoms with Gasteiger partial charge in [-0.15, -0.1) is 11.3 Å². The fourth-order valence-corrected chi connectivity index (χ4v) is 5.49. The van der Waals surface area contributed by atoms with E-state index in [9.17, 15) is 18.3 Å². The number of hydrogen-bond donors (Lipinski definition) is 3. The van der Waals surface area contributed by atoms with Crippen molar-refractivity contribution < 1.29 is 22.8 Å². The summed E-state index contributed by atoms with van der Waals surface area (Å²) in [5.74, 6) is -0.789. The van der Waals surface area contributed by atoms with Gasteiger partial charge < -0.3 is 14.9 Å². The zero-order valence-electron chi connectivity index (χ0n) is 16.4. The van der Waals surface area contributed by atoms with Crippen molar-refractivity contribution >= 4 is 50.4 Å². The molecule has 0 fully saturated rings. The van der Waals surface area contributed by atoms with Gasteiger partial charge in [-0.2, -0.15) is 0 Å². The molecule has 0 saturated carbocycles. The Morgan fingerprint density at radius 2 is 2.03 bits per heavy atom. The minimum absolute atomic E-state index is 0.00443. The summed E-state index contributed by atoms with van der Waals surface area (Å²) in [5, 5.41) is 17.3. The Balaban J connectivity index is 1.92. The Bertz CT molecular complexity index is 1200. The first-order valence-corrected chi connectivity index (χ1v) is 11.6. The number of benzene rings is 1. The predicted octanol–water partition coefficient (Wildman–Crippen LogP) is 3.90. The highest BCUT2D eigenvalue weighted by molar-refractivity contribution is 7.93. The second-order valence-electron chi connectivity index (χ2n) is 6.67. The summed E-state index contributed by atoms with van der Waals surface area (Å²) in [7, 11) is -4.14. The summed E-state index contributed by atoms with van der Waals surface area (Å²) in [4.78, 5) is 12.7. The van der Waals surface area contributed by atoms with E-state index in [4.69, 9.17) is 16.1 Å². The van der Waals surface area contributed by atoms with Crippen molar-refractivity contribution in [2.24, 2.45) is 0 Å². The maximum Gasteiger partial charge on any atom is 0.267 e. The molecule has 2 heterocycles. The van der Waals surface area contributed by atoms with Crippen LogP contribution in [-0.4, -0.2) is 31.2 Å². The van der Waals surface area contributed by atoms with E-state index in [1.54, 1.807) is 6.92 Å². The molecule has 1 amide bonds. The lowest BCUT2D eigenvalue weighted by Gasteiger charge is -2.15. The average molecular weight is 470 g/mol. The van der Waals surface area contributed by atoms with Crippen molar-refractivity contribution in [3.8, 4) is 0 Å². The quantitative estimate of drug-likeness (QED) is 0.482. The lowest BCUT2D eigenvalue weighted by atomic mass is 10.0. The van der Waals surface area contributed by atoms with E-state index >= 15 is 0 Å². The van der Waals surface area contributed by atoms with Crippen LogP contribution < -0.4 is 10.0 Å². The number of nitrogens with zero attached hydrogens (tertiary/aromatic N) is 1. The van der Waals surface area contributed by atoms with E-state index in [2.05, 4.69) is 15.2 Å². The second kappa shape index (κ2) is 8.76. The van der Waals surface area contributed by atoms with Gasteiger partial charge in [0.15, 0.2) is 0 Å². The smallest absolute Gasteiger partial charge is 0.267 e. The molecule has 0 radical (unpaired) electrons. The highest BCUT2D eigenvalue weighted by atomic mass is 35.5. The number of hydrogen-bond acceptors (Lipinski definition) is 7. The Morgan fingerprint density at radius 3 is 2.67 bits per heavy atom. The molecule has 0 aliphatic carbocycles. The van der Waals surface area contributed by atoms with Crippen LogP contribution in [-0.2, 0) is 16.4 Å². The topological polar surface area (TPSA) is 122 Å². The average Bonchev–Trinajstić information content (AvgIpc) is 3.28. The first kappa shape index (κ1) is 22.3. The number of carbonyl (C=O) groups is 1. The molecule has 160 valence electrons. The molecule has 1 aromatic carbocycles. The third kappa shape index (κ3) is 4.51.